The van der Waals surface area contributed by atoms with E-state index in [4.69, 9.17) is 17.4 Å². The molecule has 0 atom stereocenters. The molecule has 2 aromatic rings. The number of nitrogens with zero attached hydrogens (tertiary/aromatic N) is 2. The predicted molar refractivity (Wildman–Crippen MR) is 75.3 cm³/mol. The maximum atomic E-state index is 12.1. The van der Waals surface area contributed by atoms with Gasteiger partial charge < -0.3 is 5.43 Å². The number of pyridine rings is 2. The molecule has 0 saturated carbocycles. The molecule has 2 aromatic heterocycles. The Hall–Kier alpha value is -1.74. The second-order valence-corrected chi connectivity index (χ2v) is 5.97. The number of nitrogen functional groups attached to an aromatic ring is 1. The van der Waals surface area contributed by atoms with Crippen molar-refractivity contribution in [3.05, 3.63) is 47.4 Å². The molecule has 0 unspecified atom stereocenters. The molecule has 0 aromatic carbocycles. The Balaban J connectivity index is 2.16. The summed E-state index contributed by atoms with van der Waals surface area (Å²) in [7, 11) is -3.71. The number of nitrogens with one attached hydrogen (secondary N) is 2. The van der Waals surface area contributed by atoms with Crippen LogP contribution in [0.3, 0.4) is 0 Å². The summed E-state index contributed by atoms with van der Waals surface area (Å²) < 4.78 is 26.6. The van der Waals surface area contributed by atoms with Crippen LogP contribution < -0.4 is 16.0 Å². The summed E-state index contributed by atoms with van der Waals surface area (Å²) in [5.74, 6) is 5.38. The maximum absolute atomic E-state index is 12.1. The number of hydrazine groups is 1. The first kappa shape index (κ1) is 14.7. The van der Waals surface area contributed by atoms with Crippen LogP contribution in [0.25, 0.3) is 0 Å². The van der Waals surface area contributed by atoms with Gasteiger partial charge in [-0.15, -0.1) is 0 Å². The smallest absolute Gasteiger partial charge is 0.242 e. The standard InChI is InChI=1S/C11H12ClN5O2S/c12-10-5-9(7-15-11(10)17-13)20(18,19)16-6-8-3-1-2-4-14-8/h1-5,7,16H,6,13H2,(H,15,17). The summed E-state index contributed by atoms with van der Waals surface area (Å²) in [4.78, 5) is 7.80. The van der Waals surface area contributed by atoms with Crippen LogP contribution in [0.15, 0.2) is 41.6 Å². The van der Waals surface area contributed by atoms with Crippen LogP contribution in [-0.4, -0.2) is 18.4 Å². The third-order valence-electron chi connectivity index (χ3n) is 2.43. The van der Waals surface area contributed by atoms with E-state index in [-0.39, 0.29) is 22.3 Å². The molecular formula is C11H12ClN5O2S. The van der Waals surface area contributed by atoms with Gasteiger partial charge in [0.1, 0.15) is 4.90 Å². The number of halogens is 1. The van der Waals surface area contributed by atoms with Crippen LogP contribution in [-0.2, 0) is 16.6 Å². The largest absolute Gasteiger partial charge is 0.307 e. The number of anilines is 1. The van der Waals surface area contributed by atoms with Gasteiger partial charge in [-0.05, 0) is 18.2 Å². The summed E-state index contributed by atoms with van der Waals surface area (Å²) >= 11 is 5.84. The SMILES string of the molecule is NNc1ncc(S(=O)(=O)NCc2ccccn2)cc1Cl. The van der Waals surface area contributed by atoms with Crippen molar-refractivity contribution in [3.63, 3.8) is 0 Å². The lowest BCUT2D eigenvalue weighted by Crippen LogP contribution is -2.24. The Morgan fingerprint density at radius 1 is 1.30 bits per heavy atom. The van der Waals surface area contributed by atoms with E-state index in [1.807, 2.05) is 0 Å². The summed E-state index contributed by atoms with van der Waals surface area (Å²) in [5.41, 5.74) is 2.87. The summed E-state index contributed by atoms with van der Waals surface area (Å²) in [6, 6.07) is 6.51. The molecule has 7 nitrogen and oxygen atoms in total. The van der Waals surface area contributed by atoms with Gasteiger partial charge in [0, 0.05) is 12.4 Å². The van der Waals surface area contributed by atoms with Crippen molar-refractivity contribution < 1.29 is 8.42 Å². The zero-order chi connectivity index (χ0) is 14.6. The summed E-state index contributed by atoms with van der Waals surface area (Å²) in [6.07, 6.45) is 2.76. The van der Waals surface area contributed by atoms with E-state index < -0.39 is 10.0 Å². The first-order valence-electron chi connectivity index (χ1n) is 5.54. The molecule has 0 aliphatic heterocycles. The normalized spacial score (nSPS) is 11.3. The van der Waals surface area contributed by atoms with E-state index in [2.05, 4.69) is 20.1 Å². The van der Waals surface area contributed by atoms with Gasteiger partial charge in [0.25, 0.3) is 0 Å². The number of hydrogen-bond donors (Lipinski definition) is 3. The molecule has 20 heavy (non-hydrogen) atoms. The Morgan fingerprint density at radius 3 is 2.70 bits per heavy atom. The molecule has 0 amide bonds. The van der Waals surface area contributed by atoms with Crippen molar-refractivity contribution in [3.8, 4) is 0 Å². The Bertz CT molecular complexity index is 693. The highest BCUT2D eigenvalue weighted by molar-refractivity contribution is 7.89. The molecule has 9 heteroatoms. The van der Waals surface area contributed by atoms with Crippen molar-refractivity contribution in [1.29, 1.82) is 0 Å². The number of sulfonamides is 1. The Morgan fingerprint density at radius 2 is 2.10 bits per heavy atom. The monoisotopic (exact) mass is 313 g/mol. The number of nitrogens with two attached hydrogens (primary N) is 1. The van der Waals surface area contributed by atoms with E-state index in [1.54, 1.807) is 24.4 Å². The van der Waals surface area contributed by atoms with Gasteiger partial charge in [-0.1, -0.05) is 17.7 Å². The van der Waals surface area contributed by atoms with E-state index in [0.717, 1.165) is 0 Å². The predicted octanol–water partition coefficient (Wildman–Crippen LogP) is 0.894. The summed E-state index contributed by atoms with van der Waals surface area (Å²) in [5, 5.41) is 0.119. The highest BCUT2D eigenvalue weighted by atomic mass is 35.5. The van der Waals surface area contributed by atoms with Crippen molar-refractivity contribution in [2.24, 2.45) is 5.84 Å². The molecule has 0 saturated heterocycles. The third kappa shape index (κ3) is 3.42. The van der Waals surface area contributed by atoms with Gasteiger partial charge in [-0.2, -0.15) is 0 Å². The van der Waals surface area contributed by atoms with Gasteiger partial charge in [0.15, 0.2) is 5.82 Å². The number of rotatable bonds is 5. The zero-order valence-electron chi connectivity index (χ0n) is 10.2. The minimum absolute atomic E-state index is 0.0440. The fraction of sp³-hybridized carbons (Fsp3) is 0.0909. The lowest BCUT2D eigenvalue weighted by molar-refractivity contribution is 0.580. The molecule has 0 aliphatic carbocycles. The first-order valence-corrected chi connectivity index (χ1v) is 7.41. The minimum atomic E-state index is -3.71. The van der Waals surface area contributed by atoms with Crippen LogP contribution in [0.4, 0.5) is 5.82 Å². The Labute approximate surface area is 121 Å². The van der Waals surface area contributed by atoms with Crippen LogP contribution in [0.5, 0.6) is 0 Å². The number of hydrogen-bond acceptors (Lipinski definition) is 6. The number of aromatic nitrogens is 2. The molecule has 0 aliphatic rings. The topological polar surface area (TPSA) is 110 Å². The molecule has 0 bridgehead atoms. The van der Waals surface area contributed by atoms with Gasteiger partial charge in [0.2, 0.25) is 10.0 Å². The van der Waals surface area contributed by atoms with Gasteiger partial charge in [-0.3, -0.25) is 4.98 Å². The van der Waals surface area contributed by atoms with Crippen molar-refractivity contribution in [1.82, 2.24) is 14.7 Å². The van der Waals surface area contributed by atoms with Crippen molar-refractivity contribution in [2.45, 2.75) is 11.4 Å². The molecule has 4 N–H and O–H groups in total. The summed E-state index contributed by atoms with van der Waals surface area (Å²) in [6.45, 7) is 0.0810. The average molecular weight is 314 g/mol. The van der Waals surface area contributed by atoms with Gasteiger partial charge in [-0.25, -0.2) is 24.0 Å². The van der Waals surface area contributed by atoms with Gasteiger partial charge in [0.05, 0.1) is 17.3 Å². The van der Waals surface area contributed by atoms with Crippen LogP contribution in [0, 0.1) is 0 Å². The molecule has 0 radical (unpaired) electrons. The molecule has 2 heterocycles. The second-order valence-electron chi connectivity index (χ2n) is 3.79. The maximum Gasteiger partial charge on any atom is 0.242 e. The average Bonchev–Trinajstić information content (AvgIpc) is 2.46. The molecule has 0 fully saturated rings. The van der Waals surface area contributed by atoms with E-state index >= 15 is 0 Å². The molecule has 0 spiro atoms. The molecule has 2 rings (SSSR count). The Kier molecular flexibility index (Phi) is 4.50. The fourth-order valence-corrected chi connectivity index (χ4v) is 2.68. The minimum Gasteiger partial charge on any atom is -0.307 e. The van der Waals surface area contributed by atoms with Crippen LogP contribution in [0.1, 0.15) is 5.69 Å². The third-order valence-corrected chi connectivity index (χ3v) is 4.09. The zero-order valence-corrected chi connectivity index (χ0v) is 11.8. The molecular weight excluding hydrogens is 302 g/mol. The highest BCUT2D eigenvalue weighted by Gasteiger charge is 2.16. The van der Waals surface area contributed by atoms with E-state index in [0.29, 0.717) is 5.69 Å². The first-order chi connectivity index (χ1) is 9.53. The highest BCUT2D eigenvalue weighted by Crippen LogP contribution is 2.21. The fourth-order valence-electron chi connectivity index (χ4n) is 1.43. The van der Waals surface area contributed by atoms with Crippen LogP contribution in [0.2, 0.25) is 5.02 Å². The lowest BCUT2D eigenvalue weighted by atomic mass is 10.4. The van der Waals surface area contributed by atoms with E-state index in [1.165, 1.54) is 12.3 Å². The quantitative estimate of drug-likeness (QED) is 0.558. The molecule has 106 valence electrons. The second kappa shape index (κ2) is 6.14. The van der Waals surface area contributed by atoms with Gasteiger partial charge >= 0.3 is 0 Å². The van der Waals surface area contributed by atoms with E-state index in [9.17, 15) is 8.42 Å². The lowest BCUT2D eigenvalue weighted by Gasteiger charge is -2.08. The van der Waals surface area contributed by atoms with Crippen LogP contribution >= 0.6 is 11.6 Å². The van der Waals surface area contributed by atoms with Crippen molar-refractivity contribution >= 4 is 27.4 Å². The van der Waals surface area contributed by atoms with Crippen molar-refractivity contribution in [2.75, 3.05) is 5.43 Å².